The van der Waals surface area contributed by atoms with E-state index >= 15 is 0 Å². The maximum Gasteiger partial charge on any atom is 0.332 e. The van der Waals surface area contributed by atoms with Gasteiger partial charge in [0.25, 0.3) is 5.56 Å². The number of halogens is 1. The van der Waals surface area contributed by atoms with Crippen LogP contribution in [-0.4, -0.2) is 49.8 Å². The minimum absolute atomic E-state index is 0.230. The average molecular weight is 487 g/mol. The van der Waals surface area contributed by atoms with Crippen LogP contribution in [0.2, 0.25) is 0 Å². The number of piperidine rings is 1. The molecular weight excluding hydrogens is 460 g/mol. The molecule has 1 fully saturated rings. The Morgan fingerprint density at radius 1 is 0.935 bits per heavy atom. The number of aryl methyl sites for hydroxylation is 2. The lowest BCUT2D eigenvalue weighted by molar-refractivity contribution is 0.218. The van der Waals surface area contributed by atoms with E-state index in [0.29, 0.717) is 17.7 Å². The highest BCUT2D eigenvalue weighted by molar-refractivity contribution is 9.10. The summed E-state index contributed by atoms with van der Waals surface area (Å²) in [7, 11) is 1.71. The van der Waals surface area contributed by atoms with Crippen molar-refractivity contribution >= 4 is 38.7 Å². The number of fused-ring (bicyclic) bond motifs is 3. The van der Waals surface area contributed by atoms with Crippen molar-refractivity contribution in [1.29, 1.82) is 0 Å². The summed E-state index contributed by atoms with van der Waals surface area (Å²) < 4.78 is 5.92. The highest BCUT2D eigenvalue weighted by Crippen LogP contribution is 2.31. The van der Waals surface area contributed by atoms with Crippen molar-refractivity contribution in [2.24, 2.45) is 7.05 Å². The Kier molecular flexibility index (Phi) is 5.47. The Bertz CT molecular complexity index is 1220. The van der Waals surface area contributed by atoms with E-state index < -0.39 is 0 Å². The molecule has 2 aliphatic heterocycles. The Hall–Kier alpha value is -2.39. The number of hydrogen-bond donors (Lipinski definition) is 0. The van der Waals surface area contributed by atoms with Crippen LogP contribution >= 0.6 is 15.9 Å². The normalized spacial score (nSPS) is 17.3. The molecule has 0 spiro atoms. The highest BCUT2D eigenvalue weighted by Gasteiger charge is 2.27. The Morgan fingerprint density at radius 2 is 1.68 bits per heavy atom. The molecule has 0 saturated carbocycles. The largest absolute Gasteiger partial charge is 0.332 e. The first-order valence-electron chi connectivity index (χ1n) is 11.0. The monoisotopic (exact) mass is 486 g/mol. The second kappa shape index (κ2) is 8.27. The molecule has 2 aliphatic rings. The van der Waals surface area contributed by atoms with Gasteiger partial charge in [-0.2, -0.15) is 4.98 Å². The van der Waals surface area contributed by atoms with Crippen molar-refractivity contribution in [3.63, 3.8) is 0 Å². The van der Waals surface area contributed by atoms with Crippen LogP contribution in [0, 0.1) is 0 Å². The van der Waals surface area contributed by atoms with Crippen LogP contribution in [0.1, 0.15) is 25.7 Å². The summed E-state index contributed by atoms with van der Waals surface area (Å²) in [4.78, 5) is 35.7. The quantitative estimate of drug-likeness (QED) is 0.566. The van der Waals surface area contributed by atoms with E-state index in [1.54, 1.807) is 7.05 Å². The van der Waals surface area contributed by atoms with Crippen LogP contribution in [0.4, 0.5) is 11.6 Å². The molecule has 164 valence electrons. The van der Waals surface area contributed by atoms with Gasteiger partial charge >= 0.3 is 5.69 Å². The number of anilines is 2. The van der Waals surface area contributed by atoms with Crippen molar-refractivity contribution in [2.75, 3.05) is 31.1 Å². The van der Waals surface area contributed by atoms with E-state index in [4.69, 9.17) is 4.98 Å². The smallest absolute Gasteiger partial charge is 0.312 e. The summed E-state index contributed by atoms with van der Waals surface area (Å²) in [5.41, 5.74) is 1.49. The second-order valence-electron chi connectivity index (χ2n) is 8.42. The van der Waals surface area contributed by atoms with Crippen LogP contribution in [-0.2, 0) is 20.1 Å². The molecule has 8 nitrogen and oxygen atoms in total. The Balaban J connectivity index is 1.57. The van der Waals surface area contributed by atoms with Gasteiger partial charge in [-0.25, -0.2) is 4.79 Å². The van der Waals surface area contributed by atoms with Gasteiger partial charge in [-0.05, 0) is 56.6 Å². The molecule has 31 heavy (non-hydrogen) atoms. The molecule has 0 radical (unpaired) electrons. The number of hydrogen-bond acceptors (Lipinski definition) is 5. The van der Waals surface area contributed by atoms with Crippen LogP contribution < -0.4 is 16.1 Å². The Labute approximate surface area is 188 Å². The van der Waals surface area contributed by atoms with Crippen LogP contribution in [0.15, 0.2) is 38.3 Å². The third kappa shape index (κ3) is 3.63. The zero-order valence-corrected chi connectivity index (χ0v) is 19.3. The molecule has 0 aliphatic carbocycles. The van der Waals surface area contributed by atoms with Crippen LogP contribution in [0.3, 0.4) is 0 Å². The number of likely N-dealkylation sites (tertiary alicyclic amines) is 1. The summed E-state index contributed by atoms with van der Waals surface area (Å²) in [5, 5.41) is 0. The zero-order valence-electron chi connectivity index (χ0n) is 17.8. The summed E-state index contributed by atoms with van der Waals surface area (Å²) in [6.07, 6.45) is 4.55. The molecule has 1 aromatic carbocycles. The fourth-order valence-corrected chi connectivity index (χ4v) is 5.02. The first kappa shape index (κ1) is 20.5. The number of benzene rings is 1. The van der Waals surface area contributed by atoms with Gasteiger partial charge in [-0.15, -0.1) is 0 Å². The molecule has 9 heteroatoms. The molecule has 0 unspecified atom stereocenters. The Morgan fingerprint density at radius 3 is 2.42 bits per heavy atom. The minimum atomic E-state index is -0.292. The minimum Gasteiger partial charge on any atom is -0.312 e. The summed E-state index contributed by atoms with van der Waals surface area (Å²) in [5.74, 6) is 0.726. The lowest BCUT2D eigenvalue weighted by Crippen LogP contribution is -2.43. The number of aromatic nitrogens is 4. The zero-order chi connectivity index (χ0) is 21.5. The molecule has 4 heterocycles. The highest BCUT2D eigenvalue weighted by atomic mass is 79.9. The van der Waals surface area contributed by atoms with Crippen molar-refractivity contribution < 1.29 is 0 Å². The molecular formula is C22H27BrN6O2. The lowest BCUT2D eigenvalue weighted by Gasteiger charge is -2.29. The van der Waals surface area contributed by atoms with Gasteiger partial charge in [0.2, 0.25) is 5.95 Å². The molecule has 5 rings (SSSR count). The van der Waals surface area contributed by atoms with Gasteiger partial charge in [0, 0.05) is 43.4 Å². The fraction of sp³-hybridized carbons (Fsp3) is 0.500. The fourth-order valence-electron chi connectivity index (χ4n) is 4.75. The molecule has 0 N–H and O–H groups in total. The van der Waals surface area contributed by atoms with Crippen LogP contribution in [0.25, 0.3) is 11.2 Å². The van der Waals surface area contributed by atoms with Crippen molar-refractivity contribution in [3.8, 4) is 0 Å². The van der Waals surface area contributed by atoms with E-state index in [9.17, 15) is 9.59 Å². The van der Waals surface area contributed by atoms with Crippen molar-refractivity contribution in [1.82, 2.24) is 23.6 Å². The first-order chi connectivity index (χ1) is 15.0. The summed E-state index contributed by atoms with van der Waals surface area (Å²) >= 11 is 3.48. The van der Waals surface area contributed by atoms with Crippen molar-refractivity contribution in [3.05, 3.63) is 49.6 Å². The molecule has 2 aromatic heterocycles. The van der Waals surface area contributed by atoms with Gasteiger partial charge in [-0.3, -0.25) is 13.9 Å². The molecule has 1 saturated heterocycles. The number of rotatable bonds is 4. The molecule has 0 atom stereocenters. The van der Waals surface area contributed by atoms with Gasteiger partial charge in [0.1, 0.15) is 0 Å². The van der Waals surface area contributed by atoms with E-state index in [1.807, 2.05) is 28.8 Å². The number of imidazole rings is 1. The number of nitrogens with zero attached hydrogens (tertiary/aromatic N) is 6. The molecule has 3 aromatic rings. The van der Waals surface area contributed by atoms with Crippen molar-refractivity contribution in [2.45, 2.75) is 38.8 Å². The van der Waals surface area contributed by atoms with Gasteiger partial charge in [0.05, 0.1) is 0 Å². The maximum absolute atomic E-state index is 13.4. The third-order valence-electron chi connectivity index (χ3n) is 6.44. The SMILES string of the molecule is Cn1c(=O)n(CCN2CCCCC2)c(=O)c2c1nc1n2CCCN1c1ccc(Br)cc1. The molecule has 0 amide bonds. The lowest BCUT2D eigenvalue weighted by atomic mass is 10.1. The first-order valence-corrected chi connectivity index (χ1v) is 11.8. The molecule has 0 bridgehead atoms. The third-order valence-corrected chi connectivity index (χ3v) is 6.97. The van der Waals surface area contributed by atoms with E-state index in [0.717, 1.165) is 55.3 Å². The average Bonchev–Trinajstić information content (AvgIpc) is 3.19. The van der Waals surface area contributed by atoms with Crippen LogP contribution in [0.5, 0.6) is 0 Å². The van der Waals surface area contributed by atoms with E-state index in [2.05, 4.69) is 25.7 Å². The van der Waals surface area contributed by atoms with Gasteiger partial charge in [0.15, 0.2) is 11.2 Å². The predicted octanol–water partition coefficient (Wildman–Crippen LogP) is 2.69. The summed E-state index contributed by atoms with van der Waals surface area (Å²) in [6, 6.07) is 8.07. The second-order valence-corrected chi connectivity index (χ2v) is 9.33. The summed E-state index contributed by atoms with van der Waals surface area (Å²) in [6.45, 7) is 4.77. The van der Waals surface area contributed by atoms with Gasteiger partial charge in [-0.1, -0.05) is 22.4 Å². The maximum atomic E-state index is 13.4. The van der Waals surface area contributed by atoms with E-state index in [1.165, 1.54) is 28.4 Å². The van der Waals surface area contributed by atoms with Gasteiger partial charge < -0.3 is 14.4 Å². The predicted molar refractivity (Wildman–Crippen MR) is 125 cm³/mol. The topological polar surface area (TPSA) is 68.3 Å². The standard InChI is InChI=1S/C22H27BrN6O2/c1-25-19-18(20(30)29(22(25)31)15-14-26-10-3-2-4-11-26)28-13-5-12-27(21(28)24-19)17-8-6-16(23)7-9-17/h6-9H,2-5,10-15H2,1H3. The van der Waals surface area contributed by atoms with E-state index in [-0.39, 0.29) is 11.2 Å².